The Morgan fingerprint density at radius 3 is 2.55 bits per heavy atom. The summed E-state index contributed by atoms with van der Waals surface area (Å²) in [5.74, 6) is 0.158. The van der Waals surface area contributed by atoms with Crippen LogP contribution in [0, 0.1) is 0 Å². The summed E-state index contributed by atoms with van der Waals surface area (Å²) >= 11 is 1.67. The lowest BCUT2D eigenvalue weighted by Crippen LogP contribution is -2.36. The SMILES string of the molecule is COc1cccc([C@@H]2C(C(=O)OC(C)C)=C(C)NC3=C2C(=O)C[C@H](c2cccs2)C3)c1OC. The van der Waals surface area contributed by atoms with Crippen LogP contribution >= 0.6 is 11.3 Å². The van der Waals surface area contributed by atoms with Gasteiger partial charge >= 0.3 is 5.97 Å². The van der Waals surface area contributed by atoms with Crippen molar-refractivity contribution >= 4 is 23.1 Å². The average Bonchev–Trinajstić information content (AvgIpc) is 3.31. The summed E-state index contributed by atoms with van der Waals surface area (Å²) in [6.07, 6.45) is 0.815. The molecule has 6 nitrogen and oxygen atoms in total. The summed E-state index contributed by atoms with van der Waals surface area (Å²) in [6.45, 7) is 5.49. The molecule has 0 spiro atoms. The fourth-order valence-electron chi connectivity index (χ4n) is 4.76. The van der Waals surface area contributed by atoms with Crippen molar-refractivity contribution in [3.8, 4) is 11.5 Å². The number of nitrogens with one attached hydrogen (secondary N) is 1. The maximum absolute atomic E-state index is 13.6. The van der Waals surface area contributed by atoms with Gasteiger partial charge in [-0.3, -0.25) is 4.79 Å². The van der Waals surface area contributed by atoms with Gasteiger partial charge in [0.1, 0.15) is 0 Å². The molecule has 0 bridgehead atoms. The first-order valence-corrected chi connectivity index (χ1v) is 11.9. The lowest BCUT2D eigenvalue weighted by atomic mass is 9.72. The Balaban J connectivity index is 1.88. The number of ether oxygens (including phenoxy) is 3. The van der Waals surface area contributed by atoms with Crippen LogP contribution in [0.2, 0.25) is 0 Å². The van der Waals surface area contributed by atoms with Gasteiger partial charge in [-0.2, -0.15) is 0 Å². The summed E-state index contributed by atoms with van der Waals surface area (Å²) in [4.78, 5) is 28.1. The number of dihydropyridines is 1. The predicted molar refractivity (Wildman–Crippen MR) is 128 cm³/mol. The molecule has 4 rings (SSSR count). The van der Waals surface area contributed by atoms with E-state index in [2.05, 4.69) is 11.4 Å². The summed E-state index contributed by atoms with van der Waals surface area (Å²) in [5.41, 5.74) is 3.29. The zero-order valence-corrected chi connectivity index (χ0v) is 20.4. The molecule has 1 aromatic heterocycles. The van der Waals surface area contributed by atoms with Crippen LogP contribution in [0.5, 0.6) is 11.5 Å². The Hall–Kier alpha value is -3.06. The van der Waals surface area contributed by atoms with Gasteiger partial charge in [-0.05, 0) is 44.7 Å². The third-order valence-corrected chi connectivity index (χ3v) is 7.12. The first-order valence-electron chi connectivity index (χ1n) is 11.0. The molecule has 1 aliphatic carbocycles. The molecule has 2 aromatic rings. The zero-order valence-electron chi connectivity index (χ0n) is 19.6. The highest BCUT2D eigenvalue weighted by atomic mass is 32.1. The van der Waals surface area contributed by atoms with Crippen LogP contribution < -0.4 is 14.8 Å². The number of esters is 1. The number of allylic oxidation sites excluding steroid dienone is 3. The topological polar surface area (TPSA) is 73.9 Å². The van der Waals surface area contributed by atoms with Crippen molar-refractivity contribution in [1.82, 2.24) is 5.32 Å². The number of Topliss-reactive ketones (excluding diaryl/α,β-unsaturated/α-hetero) is 1. The molecule has 2 heterocycles. The van der Waals surface area contributed by atoms with Crippen LogP contribution in [-0.2, 0) is 14.3 Å². The summed E-state index contributed by atoms with van der Waals surface area (Å²) in [7, 11) is 3.14. The van der Waals surface area contributed by atoms with Crippen molar-refractivity contribution < 1.29 is 23.8 Å². The Labute approximate surface area is 198 Å². The molecule has 0 fully saturated rings. The fourth-order valence-corrected chi connectivity index (χ4v) is 5.59. The number of hydrogen-bond donors (Lipinski definition) is 1. The highest BCUT2D eigenvalue weighted by Gasteiger charge is 2.43. The van der Waals surface area contributed by atoms with Crippen molar-refractivity contribution in [2.75, 3.05) is 14.2 Å². The number of methoxy groups -OCH3 is 2. The molecule has 0 unspecified atom stereocenters. The zero-order chi connectivity index (χ0) is 23.7. The quantitative estimate of drug-likeness (QED) is 0.598. The molecule has 33 heavy (non-hydrogen) atoms. The van der Waals surface area contributed by atoms with Crippen LogP contribution in [0.4, 0.5) is 0 Å². The highest BCUT2D eigenvalue weighted by Crippen LogP contribution is 2.49. The van der Waals surface area contributed by atoms with Crippen molar-refractivity contribution in [1.29, 1.82) is 0 Å². The number of hydrogen-bond acceptors (Lipinski definition) is 7. The molecule has 0 saturated heterocycles. The Kier molecular flexibility index (Phi) is 6.61. The minimum Gasteiger partial charge on any atom is -0.493 e. The number of ketones is 1. The number of carbonyl (C=O) groups excluding carboxylic acids is 2. The van der Waals surface area contributed by atoms with Crippen LogP contribution in [-0.4, -0.2) is 32.1 Å². The summed E-state index contributed by atoms with van der Waals surface area (Å²) in [6, 6.07) is 9.63. The number of carbonyl (C=O) groups is 2. The van der Waals surface area contributed by atoms with Gasteiger partial charge in [0.25, 0.3) is 0 Å². The molecule has 0 saturated carbocycles. The molecule has 2 atom stereocenters. The molecule has 0 amide bonds. The van der Waals surface area contributed by atoms with Gasteiger partial charge in [0.2, 0.25) is 0 Å². The van der Waals surface area contributed by atoms with Crippen LogP contribution in [0.15, 0.2) is 58.3 Å². The number of benzene rings is 1. The van der Waals surface area contributed by atoms with E-state index in [9.17, 15) is 9.59 Å². The van der Waals surface area contributed by atoms with E-state index >= 15 is 0 Å². The number of thiophene rings is 1. The predicted octanol–water partition coefficient (Wildman–Crippen LogP) is 5.08. The molecular formula is C26H29NO5S. The van der Waals surface area contributed by atoms with E-state index in [0.29, 0.717) is 46.7 Å². The van der Waals surface area contributed by atoms with Gasteiger partial charge < -0.3 is 19.5 Å². The van der Waals surface area contributed by atoms with Crippen LogP contribution in [0.1, 0.15) is 55.9 Å². The second-order valence-corrected chi connectivity index (χ2v) is 9.55. The molecule has 174 valence electrons. The lowest BCUT2D eigenvalue weighted by Gasteiger charge is -2.37. The van der Waals surface area contributed by atoms with Crippen molar-refractivity contribution in [3.63, 3.8) is 0 Å². The molecule has 0 radical (unpaired) electrons. The van der Waals surface area contributed by atoms with E-state index in [1.54, 1.807) is 31.6 Å². The maximum Gasteiger partial charge on any atom is 0.337 e. The van der Waals surface area contributed by atoms with Gasteiger partial charge in [0, 0.05) is 39.7 Å². The number of rotatable bonds is 6. The molecule has 7 heteroatoms. The second-order valence-electron chi connectivity index (χ2n) is 8.57. The largest absolute Gasteiger partial charge is 0.493 e. The van der Waals surface area contributed by atoms with Gasteiger partial charge in [-0.25, -0.2) is 4.79 Å². The third-order valence-electron chi connectivity index (χ3n) is 6.08. The first-order chi connectivity index (χ1) is 15.8. The monoisotopic (exact) mass is 467 g/mol. The molecule has 2 aliphatic rings. The molecule has 1 aliphatic heterocycles. The lowest BCUT2D eigenvalue weighted by molar-refractivity contribution is -0.143. The Bertz CT molecular complexity index is 1130. The van der Waals surface area contributed by atoms with Gasteiger partial charge in [-0.1, -0.05) is 18.2 Å². The second kappa shape index (κ2) is 9.43. The Morgan fingerprint density at radius 2 is 1.91 bits per heavy atom. The maximum atomic E-state index is 13.6. The molecule has 1 N–H and O–H groups in total. The van der Waals surface area contributed by atoms with Crippen molar-refractivity contribution in [2.24, 2.45) is 0 Å². The van der Waals surface area contributed by atoms with Crippen molar-refractivity contribution in [2.45, 2.75) is 51.6 Å². The average molecular weight is 468 g/mol. The van der Waals surface area contributed by atoms with E-state index in [-0.39, 0.29) is 17.8 Å². The first kappa shape index (κ1) is 23.1. The van der Waals surface area contributed by atoms with Crippen LogP contribution in [0.25, 0.3) is 0 Å². The van der Waals surface area contributed by atoms with Gasteiger partial charge in [0.15, 0.2) is 17.3 Å². The number of para-hydroxylation sites is 1. The van der Waals surface area contributed by atoms with E-state index in [1.807, 2.05) is 44.4 Å². The third kappa shape index (κ3) is 4.29. The molecular weight excluding hydrogens is 438 g/mol. The standard InChI is InChI=1S/C26H29NO5S/c1-14(2)32-26(29)22-15(3)27-18-12-16(21-10-7-11-33-21)13-19(28)24(18)23(22)17-8-6-9-20(30-4)25(17)31-5/h6-11,14,16,23,27H,12-13H2,1-5H3/t16-,23-/m1/s1. The van der Waals surface area contributed by atoms with Gasteiger partial charge in [0.05, 0.1) is 31.8 Å². The molecule has 1 aromatic carbocycles. The summed E-state index contributed by atoms with van der Waals surface area (Å²) < 4.78 is 16.8. The van der Waals surface area contributed by atoms with E-state index in [4.69, 9.17) is 14.2 Å². The van der Waals surface area contributed by atoms with Crippen LogP contribution in [0.3, 0.4) is 0 Å². The van der Waals surface area contributed by atoms with E-state index < -0.39 is 11.9 Å². The summed E-state index contributed by atoms with van der Waals surface area (Å²) in [5, 5.41) is 5.42. The Morgan fingerprint density at radius 1 is 1.12 bits per heavy atom. The normalized spacial score (nSPS) is 20.5. The van der Waals surface area contributed by atoms with E-state index in [1.165, 1.54) is 4.88 Å². The van der Waals surface area contributed by atoms with Gasteiger partial charge in [-0.15, -0.1) is 11.3 Å². The smallest absolute Gasteiger partial charge is 0.337 e. The highest BCUT2D eigenvalue weighted by molar-refractivity contribution is 7.10. The fraction of sp³-hybridized carbons (Fsp3) is 0.385. The van der Waals surface area contributed by atoms with Crippen molar-refractivity contribution in [3.05, 3.63) is 68.7 Å². The van der Waals surface area contributed by atoms with E-state index in [0.717, 1.165) is 5.70 Å². The minimum atomic E-state index is -0.602. The minimum absolute atomic E-state index is 0.0272.